The van der Waals surface area contributed by atoms with E-state index in [1.165, 1.54) is 11.9 Å². The average Bonchev–Trinajstić information content (AvgIpc) is 2.58. The number of carboxylic acids is 1. The zero-order chi connectivity index (χ0) is 16.7. The van der Waals surface area contributed by atoms with E-state index >= 15 is 0 Å². The number of nitrogens with zero attached hydrogens (tertiary/aromatic N) is 2. The van der Waals surface area contributed by atoms with Crippen LogP contribution in [0.4, 0.5) is 0 Å². The van der Waals surface area contributed by atoms with Crippen molar-refractivity contribution in [3.63, 3.8) is 0 Å². The minimum atomic E-state index is -1.04. The van der Waals surface area contributed by atoms with Crippen molar-refractivity contribution in [1.82, 2.24) is 0 Å². The van der Waals surface area contributed by atoms with Crippen LogP contribution in [0.3, 0.4) is 0 Å². The van der Waals surface area contributed by atoms with Gasteiger partial charge in [-0.25, -0.2) is 9.19 Å². The largest absolute Gasteiger partial charge is 0.481 e. The lowest BCUT2D eigenvalue weighted by atomic mass is 10.0. The highest BCUT2D eigenvalue weighted by molar-refractivity contribution is 7.98. The molecule has 1 N–H and O–H groups in total. The zero-order valence-electron chi connectivity index (χ0n) is 12.4. The number of ether oxygens (including phenoxy) is 1. The second kappa shape index (κ2) is 8.01. The highest BCUT2D eigenvalue weighted by Gasteiger charge is 2.13. The predicted molar refractivity (Wildman–Crippen MR) is 89.7 cm³/mol. The Morgan fingerprint density at radius 2 is 2.09 bits per heavy atom. The summed E-state index contributed by atoms with van der Waals surface area (Å²) in [6, 6.07) is 14.5. The first kappa shape index (κ1) is 16.6. The van der Waals surface area contributed by atoms with E-state index in [1.807, 2.05) is 13.0 Å². The Kier molecular flexibility index (Phi) is 5.78. The summed E-state index contributed by atoms with van der Waals surface area (Å²) in [5.41, 5.74) is 2.14. The minimum absolute atomic E-state index is 0.422. The van der Waals surface area contributed by atoms with Gasteiger partial charge in [-0.1, -0.05) is 18.2 Å². The molecule has 116 valence electrons. The van der Waals surface area contributed by atoms with Gasteiger partial charge in [-0.2, -0.15) is 5.26 Å². The molecule has 2 aromatic carbocycles. The van der Waals surface area contributed by atoms with E-state index in [-0.39, 0.29) is 0 Å². The van der Waals surface area contributed by atoms with Crippen molar-refractivity contribution in [1.29, 1.82) is 5.26 Å². The van der Waals surface area contributed by atoms with Crippen molar-refractivity contribution in [2.45, 2.75) is 11.8 Å². The van der Waals surface area contributed by atoms with Gasteiger partial charge in [0.25, 0.3) is 0 Å². The molecule has 0 aliphatic carbocycles. The topological polar surface area (TPSA) is 82.7 Å². The number of nitriles is 1. The fourth-order valence-corrected chi connectivity index (χ4v) is 2.62. The van der Waals surface area contributed by atoms with Crippen molar-refractivity contribution in [2.75, 3.05) is 6.61 Å². The van der Waals surface area contributed by atoms with Crippen LogP contribution in [0.1, 0.15) is 12.5 Å². The highest BCUT2D eigenvalue weighted by atomic mass is 32.2. The third kappa shape index (κ3) is 4.34. The van der Waals surface area contributed by atoms with Gasteiger partial charge in [0.05, 0.1) is 11.6 Å². The maximum atomic E-state index is 10.8. The van der Waals surface area contributed by atoms with Crippen LogP contribution >= 0.6 is 11.9 Å². The molecule has 0 heterocycles. The van der Waals surface area contributed by atoms with Crippen molar-refractivity contribution in [3.8, 4) is 22.9 Å². The van der Waals surface area contributed by atoms with E-state index in [9.17, 15) is 4.79 Å². The fourth-order valence-electron chi connectivity index (χ4n) is 1.95. The monoisotopic (exact) mass is 326 g/mol. The van der Waals surface area contributed by atoms with E-state index < -0.39 is 12.6 Å². The van der Waals surface area contributed by atoms with Crippen molar-refractivity contribution in [3.05, 3.63) is 48.0 Å². The van der Waals surface area contributed by atoms with Crippen LogP contribution in [0.25, 0.3) is 11.1 Å². The first-order chi connectivity index (χ1) is 11.2. The molecule has 0 atom stereocenters. The molecule has 0 aliphatic rings. The maximum Gasteiger partial charge on any atom is 0.341 e. The molecular weight excluding hydrogens is 312 g/mol. The Morgan fingerprint density at radius 1 is 1.35 bits per heavy atom. The van der Waals surface area contributed by atoms with Gasteiger partial charge in [0.2, 0.25) is 0 Å². The zero-order valence-corrected chi connectivity index (χ0v) is 13.2. The molecule has 6 heteroatoms. The summed E-state index contributed by atoms with van der Waals surface area (Å²) in [5.74, 6) is -0.575. The smallest absolute Gasteiger partial charge is 0.341 e. The van der Waals surface area contributed by atoms with Crippen LogP contribution in [0, 0.1) is 11.3 Å². The van der Waals surface area contributed by atoms with Crippen molar-refractivity contribution >= 4 is 24.1 Å². The lowest BCUT2D eigenvalue weighted by Gasteiger charge is -2.13. The van der Waals surface area contributed by atoms with Gasteiger partial charge in [0.1, 0.15) is 5.75 Å². The Hall–Kier alpha value is -2.78. The normalized spacial score (nSPS) is 10.4. The molecule has 0 spiro atoms. The average molecular weight is 326 g/mol. The number of carboxylic acid groups (broad SMARTS) is 1. The maximum absolute atomic E-state index is 10.8. The Morgan fingerprint density at radius 3 is 2.70 bits per heavy atom. The van der Waals surface area contributed by atoms with Crippen LogP contribution in [0.5, 0.6) is 5.75 Å². The summed E-state index contributed by atoms with van der Waals surface area (Å²) in [4.78, 5) is 11.6. The number of benzene rings is 2. The summed E-state index contributed by atoms with van der Waals surface area (Å²) >= 11 is 1.28. The molecule has 0 amide bonds. The van der Waals surface area contributed by atoms with E-state index in [1.54, 1.807) is 42.6 Å². The minimum Gasteiger partial charge on any atom is -0.481 e. The lowest BCUT2D eigenvalue weighted by molar-refractivity contribution is -0.139. The van der Waals surface area contributed by atoms with Gasteiger partial charge in [0.15, 0.2) is 6.61 Å². The molecule has 2 aromatic rings. The molecule has 5 nitrogen and oxygen atoms in total. The van der Waals surface area contributed by atoms with Crippen LogP contribution < -0.4 is 4.74 Å². The summed E-state index contributed by atoms with van der Waals surface area (Å²) in [7, 11) is 0. The van der Waals surface area contributed by atoms with Gasteiger partial charge in [-0.15, -0.1) is 0 Å². The van der Waals surface area contributed by atoms with E-state index in [4.69, 9.17) is 15.1 Å². The van der Waals surface area contributed by atoms with E-state index in [0.717, 1.165) is 16.0 Å². The molecule has 0 bridgehead atoms. The number of rotatable bonds is 6. The summed E-state index contributed by atoms with van der Waals surface area (Å²) in [6.45, 7) is 1.40. The summed E-state index contributed by atoms with van der Waals surface area (Å²) < 4.78 is 9.57. The van der Waals surface area contributed by atoms with Gasteiger partial charge >= 0.3 is 5.97 Å². The molecule has 0 radical (unpaired) electrons. The molecule has 0 fully saturated rings. The van der Waals surface area contributed by atoms with Gasteiger partial charge in [0, 0.05) is 28.6 Å². The third-order valence-electron chi connectivity index (χ3n) is 2.90. The molecule has 0 aliphatic heterocycles. The molecule has 0 unspecified atom stereocenters. The number of hydrogen-bond acceptors (Lipinski definition) is 5. The second-order valence-electron chi connectivity index (χ2n) is 4.46. The van der Waals surface area contributed by atoms with Crippen LogP contribution in [0.15, 0.2) is 51.8 Å². The molecule has 23 heavy (non-hydrogen) atoms. The first-order valence-electron chi connectivity index (χ1n) is 6.79. The summed E-state index contributed by atoms with van der Waals surface area (Å²) in [6.07, 6.45) is 1.68. The summed E-state index contributed by atoms with van der Waals surface area (Å²) in [5, 5.41) is 17.7. The van der Waals surface area contributed by atoms with E-state index in [2.05, 4.69) is 10.5 Å². The molecular formula is C17H14N2O3S. The number of aliphatic carboxylic acids is 1. The molecule has 2 rings (SSSR count). The lowest BCUT2D eigenvalue weighted by Crippen LogP contribution is -2.10. The SMILES string of the molecule is CC=NSc1cccc(OCC(=O)O)c1-c1ccc(C#N)cc1. The Labute approximate surface area is 138 Å². The predicted octanol–water partition coefficient (Wildman–Crippen LogP) is 3.79. The third-order valence-corrected chi connectivity index (χ3v) is 3.75. The van der Waals surface area contributed by atoms with Crippen LogP contribution in [-0.4, -0.2) is 23.9 Å². The van der Waals surface area contributed by atoms with Crippen molar-refractivity contribution in [2.24, 2.45) is 4.40 Å². The van der Waals surface area contributed by atoms with Crippen LogP contribution in [0.2, 0.25) is 0 Å². The van der Waals surface area contributed by atoms with Gasteiger partial charge < -0.3 is 9.84 Å². The van der Waals surface area contributed by atoms with Crippen LogP contribution in [-0.2, 0) is 4.79 Å². The Bertz CT molecular complexity index is 764. The second-order valence-corrected chi connectivity index (χ2v) is 5.29. The standard InChI is InChI=1S/C17H14N2O3S/c1-2-19-23-15-5-3-4-14(22-11-16(20)21)17(15)13-8-6-12(10-18)7-9-13/h2-9H,11H2,1H3,(H,20,21). The quantitative estimate of drug-likeness (QED) is 0.645. The fraction of sp³-hybridized carbons (Fsp3) is 0.118. The first-order valence-corrected chi connectivity index (χ1v) is 7.56. The molecule has 0 saturated carbocycles. The Balaban J connectivity index is 2.49. The van der Waals surface area contributed by atoms with Gasteiger partial charge in [-0.05, 0) is 36.8 Å². The van der Waals surface area contributed by atoms with Crippen molar-refractivity contribution < 1.29 is 14.6 Å². The van der Waals surface area contributed by atoms with E-state index in [0.29, 0.717) is 11.3 Å². The van der Waals surface area contributed by atoms with Gasteiger partial charge in [-0.3, -0.25) is 0 Å². The molecule has 0 aromatic heterocycles. The number of carbonyl (C=O) groups is 1. The highest BCUT2D eigenvalue weighted by Crippen LogP contribution is 2.39. The number of hydrogen-bond donors (Lipinski definition) is 1. The molecule has 0 saturated heterocycles.